The van der Waals surface area contributed by atoms with Crippen LogP contribution >= 0.6 is 0 Å². The predicted molar refractivity (Wildman–Crippen MR) is 272 cm³/mol. The maximum absolute atomic E-state index is 14.5. The molecule has 8 aromatic rings. The van der Waals surface area contributed by atoms with E-state index in [0.717, 1.165) is 99.8 Å². The summed E-state index contributed by atoms with van der Waals surface area (Å²) in [5, 5.41) is 9.33. The summed E-state index contributed by atoms with van der Waals surface area (Å²) in [5.74, 6) is 3.99. The molecule has 2 aromatic carbocycles. The van der Waals surface area contributed by atoms with E-state index in [1.807, 2.05) is 66.5 Å². The number of carbonyl (C=O) groups excluding carboxylic acids is 2. The van der Waals surface area contributed by atoms with E-state index in [1.54, 1.807) is 14.2 Å². The first-order valence-corrected chi connectivity index (χ1v) is 25.4. The molecule has 9 heterocycles. The topological polar surface area (TPSA) is 164 Å². The number of fused-ring (bicyclic) bond motifs is 5. The average molecular weight is 957 g/mol. The van der Waals surface area contributed by atoms with Crippen molar-refractivity contribution in [1.82, 2.24) is 53.3 Å². The van der Waals surface area contributed by atoms with Crippen LogP contribution in [0.3, 0.4) is 0 Å². The molecule has 3 saturated heterocycles. The monoisotopic (exact) mass is 956 g/mol. The number of nitrogens with zero attached hydrogens (tertiary/aromatic N) is 10. The first-order valence-electron chi connectivity index (χ1n) is 25.4. The lowest BCUT2D eigenvalue weighted by atomic mass is 9.98. The maximum Gasteiger partial charge on any atom is 0.254 e. The van der Waals surface area contributed by atoms with Crippen molar-refractivity contribution >= 4 is 61.6 Å². The fourth-order valence-corrected chi connectivity index (χ4v) is 11.5. The number of aryl methyl sites for hydroxylation is 2. The van der Waals surface area contributed by atoms with E-state index in [9.17, 15) is 9.59 Å². The molecule has 0 bridgehead atoms. The minimum atomic E-state index is -0.0514. The lowest BCUT2D eigenvalue weighted by Crippen LogP contribution is -2.49. The molecule has 71 heavy (non-hydrogen) atoms. The van der Waals surface area contributed by atoms with E-state index in [4.69, 9.17) is 34.1 Å². The molecule has 13 rings (SSSR count). The second kappa shape index (κ2) is 17.1. The Balaban J connectivity index is 0.759. The fraction of sp³-hybridized carbons (Fsp3) is 0.444. The molecular weight excluding hydrogens is 897 g/mol. The van der Waals surface area contributed by atoms with Gasteiger partial charge in [-0.15, -0.1) is 0 Å². The number of amides is 2. The Kier molecular flexibility index (Phi) is 10.6. The molecule has 0 unspecified atom stereocenters. The van der Waals surface area contributed by atoms with Crippen LogP contribution in [0.25, 0.3) is 67.2 Å². The van der Waals surface area contributed by atoms with E-state index >= 15 is 0 Å². The van der Waals surface area contributed by atoms with Gasteiger partial charge in [0.05, 0.1) is 72.8 Å². The summed E-state index contributed by atoms with van der Waals surface area (Å²) < 4.78 is 26.2. The van der Waals surface area contributed by atoms with Crippen LogP contribution in [0.5, 0.6) is 11.6 Å². The minimum absolute atomic E-state index is 0.00356. The molecule has 2 saturated carbocycles. The van der Waals surface area contributed by atoms with Crippen molar-refractivity contribution in [2.24, 2.45) is 25.9 Å². The fourth-order valence-electron chi connectivity index (χ4n) is 11.5. The Labute approximate surface area is 411 Å². The number of nitrogens with one attached hydrogen (secondary N) is 2. The minimum Gasteiger partial charge on any atom is -0.494 e. The highest BCUT2D eigenvalue weighted by Crippen LogP contribution is 2.40. The molecule has 17 heteroatoms. The SMILES string of the molecule is COc1ccc2cc(-c3nc4cc(C(=O)N5C[C@H](Nc6cnc7c(c6)cc(-c6nc8cc(C(=O)N9C[C@@H]%10NCCO[C@@H]%10C9)cc(OC)c8n6C)n7CC6CC6)CC[C@@H]5C)ccc4n3C)n(CC3CC3)c2n1. The van der Waals surface area contributed by atoms with Crippen LogP contribution in [0.1, 0.15) is 66.2 Å². The van der Waals surface area contributed by atoms with Gasteiger partial charge in [-0.1, -0.05) is 0 Å². The number of methoxy groups -OCH3 is 2. The van der Waals surface area contributed by atoms with Gasteiger partial charge in [-0.05, 0) is 112 Å². The van der Waals surface area contributed by atoms with Crippen LogP contribution in [0.15, 0.2) is 66.9 Å². The second-order valence-corrected chi connectivity index (χ2v) is 20.7. The number of carbonyl (C=O) groups is 2. The average Bonchev–Trinajstić information content (AvgIpc) is 4.20. The number of morpholine rings is 1. The zero-order valence-corrected chi connectivity index (χ0v) is 41.0. The van der Waals surface area contributed by atoms with Crippen molar-refractivity contribution in [2.45, 2.75) is 82.8 Å². The van der Waals surface area contributed by atoms with Gasteiger partial charge < -0.3 is 52.9 Å². The summed E-state index contributed by atoms with van der Waals surface area (Å²) in [6.45, 7) is 7.05. The van der Waals surface area contributed by atoms with Crippen molar-refractivity contribution < 1.29 is 23.8 Å². The van der Waals surface area contributed by atoms with Crippen molar-refractivity contribution in [3.63, 3.8) is 0 Å². The first kappa shape index (κ1) is 44.0. The van der Waals surface area contributed by atoms with Gasteiger partial charge in [0.1, 0.15) is 22.6 Å². The van der Waals surface area contributed by atoms with Crippen molar-refractivity contribution in [2.75, 3.05) is 52.3 Å². The number of hydrogen-bond donors (Lipinski definition) is 2. The van der Waals surface area contributed by atoms with Crippen LogP contribution in [0.4, 0.5) is 5.69 Å². The van der Waals surface area contributed by atoms with Crippen LogP contribution in [-0.2, 0) is 31.9 Å². The van der Waals surface area contributed by atoms with Gasteiger partial charge in [-0.3, -0.25) is 9.59 Å². The maximum atomic E-state index is 14.5. The van der Waals surface area contributed by atoms with Gasteiger partial charge in [0.2, 0.25) is 5.88 Å². The third kappa shape index (κ3) is 7.75. The summed E-state index contributed by atoms with van der Waals surface area (Å²) in [6.07, 6.45) is 8.53. The molecule has 2 amide bonds. The van der Waals surface area contributed by atoms with Crippen LogP contribution in [0.2, 0.25) is 0 Å². The molecule has 6 aromatic heterocycles. The molecule has 3 aliphatic heterocycles. The molecule has 2 aliphatic carbocycles. The Bertz CT molecular complexity index is 3420. The highest BCUT2D eigenvalue weighted by atomic mass is 16.5. The quantitative estimate of drug-likeness (QED) is 0.127. The van der Waals surface area contributed by atoms with Crippen molar-refractivity contribution in [3.8, 4) is 34.7 Å². The Morgan fingerprint density at radius 3 is 2.25 bits per heavy atom. The molecule has 0 spiro atoms. The van der Waals surface area contributed by atoms with Gasteiger partial charge in [-0.25, -0.2) is 15.0 Å². The van der Waals surface area contributed by atoms with Crippen LogP contribution in [0, 0.1) is 11.8 Å². The summed E-state index contributed by atoms with van der Waals surface area (Å²) in [7, 11) is 7.35. The number of pyridine rings is 2. The molecule has 4 atom stereocenters. The normalized spacial score (nSPS) is 21.5. The van der Waals surface area contributed by atoms with E-state index in [2.05, 4.69) is 60.1 Å². The number of imidazole rings is 2. The van der Waals surface area contributed by atoms with E-state index in [-0.39, 0.29) is 36.0 Å². The largest absolute Gasteiger partial charge is 0.494 e. The first-order chi connectivity index (χ1) is 34.6. The molecule has 17 nitrogen and oxygen atoms in total. The number of aromatic nitrogens is 8. The van der Waals surface area contributed by atoms with Gasteiger partial charge in [0.15, 0.2) is 11.6 Å². The molecule has 5 fully saturated rings. The van der Waals surface area contributed by atoms with E-state index < -0.39 is 0 Å². The summed E-state index contributed by atoms with van der Waals surface area (Å²) >= 11 is 0. The number of anilines is 1. The van der Waals surface area contributed by atoms with Crippen molar-refractivity contribution in [3.05, 3.63) is 78.0 Å². The number of hydrogen-bond acceptors (Lipinski definition) is 11. The Hall–Kier alpha value is -6.98. The second-order valence-electron chi connectivity index (χ2n) is 20.7. The van der Waals surface area contributed by atoms with Gasteiger partial charge in [-0.2, -0.15) is 4.98 Å². The lowest BCUT2D eigenvalue weighted by Gasteiger charge is -2.38. The Morgan fingerprint density at radius 2 is 1.49 bits per heavy atom. The smallest absolute Gasteiger partial charge is 0.254 e. The molecule has 0 radical (unpaired) electrons. The predicted octanol–water partition coefficient (Wildman–Crippen LogP) is 7.25. The van der Waals surface area contributed by atoms with Crippen molar-refractivity contribution in [1.29, 1.82) is 0 Å². The molecule has 5 aliphatic rings. The Morgan fingerprint density at radius 1 is 0.746 bits per heavy atom. The lowest BCUT2D eigenvalue weighted by molar-refractivity contribution is 0.0176. The summed E-state index contributed by atoms with van der Waals surface area (Å²) in [4.78, 5) is 52.6. The van der Waals surface area contributed by atoms with Crippen LogP contribution in [-0.4, -0.2) is 131 Å². The zero-order chi connectivity index (χ0) is 48.2. The third-order valence-electron chi connectivity index (χ3n) is 15.8. The number of benzene rings is 2. The van der Waals surface area contributed by atoms with Crippen LogP contribution < -0.4 is 20.1 Å². The van der Waals surface area contributed by atoms with E-state index in [0.29, 0.717) is 66.4 Å². The zero-order valence-electron chi connectivity index (χ0n) is 41.0. The number of likely N-dealkylation sites (tertiary alicyclic amines) is 2. The molecule has 366 valence electrons. The molecular formula is C54H60N12O5. The number of piperidine rings is 1. The summed E-state index contributed by atoms with van der Waals surface area (Å²) in [6, 6.07) is 20.4. The standard InChI is InChI=1S/C54H60N12O5/c1-30-6-13-37(27-64(30)54(68)34-11-14-42-39(19-34)58-51(61(42)2)43-21-33-12-15-47(70-5)60-50(33)66(43)26-32-9-10-32)57-38-18-35-22-44(65(25-31-7-8-31)49(35)56-24-38)52-59-40-20-36(23-45(69-4)48(40)62(52)3)53(67)63-28-41-46(29-63)71-17-16-55-41/h11-12,14-15,18-24,30-32,37,41,46,55,57H,6-10,13,16-17,25-29H2,1-5H3/t30-,37+,41-,46+/m0/s1. The van der Waals surface area contributed by atoms with Gasteiger partial charge >= 0.3 is 0 Å². The number of rotatable bonds is 12. The highest BCUT2D eigenvalue weighted by molar-refractivity contribution is 6.01. The molecule has 2 N–H and O–H groups in total. The summed E-state index contributed by atoms with van der Waals surface area (Å²) in [5.41, 5.74) is 9.16. The van der Waals surface area contributed by atoms with Gasteiger partial charge in [0.25, 0.3) is 11.8 Å². The third-order valence-corrected chi connectivity index (χ3v) is 15.8. The number of ether oxygens (including phenoxy) is 3. The van der Waals surface area contributed by atoms with Gasteiger partial charge in [0, 0.05) is 93.4 Å². The highest BCUT2D eigenvalue weighted by Gasteiger charge is 2.39. The van der Waals surface area contributed by atoms with E-state index in [1.165, 1.54) is 25.7 Å².